The van der Waals surface area contributed by atoms with Crippen LogP contribution in [-0.2, 0) is 13.1 Å². The van der Waals surface area contributed by atoms with Gasteiger partial charge in [0.2, 0.25) is 5.43 Å². The zero-order chi connectivity index (χ0) is 23.1. The molecule has 2 N–H and O–H groups in total. The van der Waals surface area contributed by atoms with E-state index in [1.165, 1.54) is 31.2 Å². The molecule has 0 bridgehead atoms. The van der Waals surface area contributed by atoms with Crippen LogP contribution >= 0.6 is 0 Å². The second-order valence-corrected chi connectivity index (χ2v) is 9.16. The third-order valence-electron chi connectivity index (χ3n) is 6.76. The highest BCUT2D eigenvalue weighted by molar-refractivity contribution is 5.99. The standard InChI is InChI=1S/C24H27FN4O4/c25-17-7-5-15(6-8-17)11-26-23(32)18-13-28-14-19-27(12-16-3-4-16)9-1-2-10-29(19)24(33)20(28)22(31)21(18)30/h5-8,13,16,19,31H,1-4,9-12,14H2,(H,26,32). The predicted molar refractivity (Wildman–Crippen MR) is 118 cm³/mol. The van der Waals surface area contributed by atoms with Gasteiger partial charge in [0.1, 0.15) is 17.5 Å². The number of fused-ring (bicyclic) bond motifs is 2. The summed E-state index contributed by atoms with van der Waals surface area (Å²) < 4.78 is 14.6. The van der Waals surface area contributed by atoms with Gasteiger partial charge < -0.3 is 19.9 Å². The number of rotatable bonds is 5. The first-order valence-corrected chi connectivity index (χ1v) is 11.5. The zero-order valence-corrected chi connectivity index (χ0v) is 18.3. The largest absolute Gasteiger partial charge is 0.503 e. The van der Waals surface area contributed by atoms with Gasteiger partial charge in [-0.25, -0.2) is 4.39 Å². The van der Waals surface area contributed by atoms with Crippen LogP contribution in [0, 0.1) is 11.7 Å². The molecule has 3 aliphatic rings. The molecule has 1 aromatic carbocycles. The van der Waals surface area contributed by atoms with Crippen LogP contribution < -0.4 is 10.7 Å². The van der Waals surface area contributed by atoms with Crippen LogP contribution in [0.2, 0.25) is 0 Å². The molecule has 0 spiro atoms. The van der Waals surface area contributed by atoms with Crippen molar-refractivity contribution in [2.75, 3.05) is 19.6 Å². The van der Waals surface area contributed by atoms with Crippen LogP contribution in [0.25, 0.3) is 0 Å². The normalized spacial score (nSPS) is 20.7. The summed E-state index contributed by atoms with van der Waals surface area (Å²) in [6.45, 7) is 2.90. The van der Waals surface area contributed by atoms with Gasteiger partial charge in [-0.1, -0.05) is 12.1 Å². The Hall–Kier alpha value is -3.20. The maximum Gasteiger partial charge on any atom is 0.275 e. The van der Waals surface area contributed by atoms with Crippen molar-refractivity contribution in [2.45, 2.75) is 44.9 Å². The van der Waals surface area contributed by atoms with Crippen LogP contribution in [0.4, 0.5) is 4.39 Å². The maximum absolute atomic E-state index is 13.3. The van der Waals surface area contributed by atoms with Gasteiger partial charge in [0.25, 0.3) is 11.8 Å². The molecule has 33 heavy (non-hydrogen) atoms. The smallest absolute Gasteiger partial charge is 0.275 e. The Balaban J connectivity index is 1.42. The number of aromatic nitrogens is 1. The third-order valence-corrected chi connectivity index (χ3v) is 6.76. The highest BCUT2D eigenvalue weighted by Crippen LogP contribution is 2.33. The van der Waals surface area contributed by atoms with Gasteiger partial charge in [-0.05, 0) is 49.3 Å². The van der Waals surface area contributed by atoms with E-state index in [-0.39, 0.29) is 35.7 Å². The number of nitrogens with zero attached hydrogens (tertiary/aromatic N) is 3. The lowest BCUT2D eigenvalue weighted by molar-refractivity contribution is 0.0205. The molecule has 174 valence electrons. The summed E-state index contributed by atoms with van der Waals surface area (Å²) in [5.74, 6) is -1.43. The molecule has 0 radical (unpaired) electrons. The Morgan fingerprint density at radius 1 is 1.12 bits per heavy atom. The first-order chi connectivity index (χ1) is 15.9. The van der Waals surface area contributed by atoms with E-state index in [2.05, 4.69) is 10.2 Å². The van der Waals surface area contributed by atoms with Crippen molar-refractivity contribution in [1.82, 2.24) is 19.7 Å². The topological polar surface area (TPSA) is 94.9 Å². The summed E-state index contributed by atoms with van der Waals surface area (Å²) in [7, 11) is 0. The van der Waals surface area contributed by atoms with Gasteiger partial charge in [0.05, 0.1) is 6.54 Å². The quantitative estimate of drug-likeness (QED) is 0.720. The van der Waals surface area contributed by atoms with E-state index in [1.54, 1.807) is 21.6 Å². The van der Waals surface area contributed by atoms with E-state index < -0.39 is 17.1 Å². The molecule has 2 amide bonds. The van der Waals surface area contributed by atoms with Crippen LogP contribution in [0.15, 0.2) is 35.3 Å². The number of hydrogen-bond acceptors (Lipinski definition) is 5. The zero-order valence-electron chi connectivity index (χ0n) is 18.3. The Labute approximate surface area is 190 Å². The summed E-state index contributed by atoms with van der Waals surface area (Å²) in [6, 6.07) is 5.66. The van der Waals surface area contributed by atoms with Crippen LogP contribution in [0.3, 0.4) is 0 Å². The second kappa shape index (κ2) is 8.62. The van der Waals surface area contributed by atoms with Gasteiger partial charge in [-0.3, -0.25) is 19.3 Å². The first kappa shape index (κ1) is 21.6. The molecule has 1 aromatic heterocycles. The average Bonchev–Trinajstić information content (AvgIpc) is 3.64. The van der Waals surface area contributed by atoms with Crippen molar-refractivity contribution in [3.63, 3.8) is 0 Å². The minimum atomic E-state index is -0.866. The Kier molecular flexibility index (Phi) is 5.65. The van der Waals surface area contributed by atoms with Crippen LogP contribution in [0.5, 0.6) is 5.75 Å². The van der Waals surface area contributed by atoms with Gasteiger partial charge in [0.15, 0.2) is 11.4 Å². The molecule has 9 heteroatoms. The van der Waals surface area contributed by atoms with Crippen molar-refractivity contribution in [3.05, 3.63) is 63.3 Å². The number of aromatic hydroxyl groups is 1. The maximum atomic E-state index is 13.3. The molecule has 8 nitrogen and oxygen atoms in total. The summed E-state index contributed by atoms with van der Waals surface area (Å²) >= 11 is 0. The number of halogens is 1. The highest BCUT2D eigenvalue weighted by atomic mass is 19.1. The fourth-order valence-corrected chi connectivity index (χ4v) is 4.76. The SMILES string of the molecule is O=C(NCc1ccc(F)cc1)c1cn2c(c(O)c1=O)C(=O)N1CCCCN(CC3CC3)C1C2. The third kappa shape index (κ3) is 4.25. The van der Waals surface area contributed by atoms with Gasteiger partial charge in [-0.2, -0.15) is 0 Å². The van der Waals surface area contributed by atoms with E-state index in [0.717, 1.165) is 25.9 Å². The molecule has 1 aliphatic carbocycles. The highest BCUT2D eigenvalue weighted by Gasteiger charge is 2.41. The van der Waals surface area contributed by atoms with E-state index >= 15 is 0 Å². The molecule has 3 heterocycles. The molecular weight excluding hydrogens is 427 g/mol. The molecule has 5 rings (SSSR count). The molecule has 1 unspecified atom stereocenters. The Morgan fingerprint density at radius 2 is 1.85 bits per heavy atom. The average molecular weight is 455 g/mol. The van der Waals surface area contributed by atoms with Crippen LogP contribution in [-0.4, -0.2) is 57.1 Å². The number of amides is 2. The first-order valence-electron chi connectivity index (χ1n) is 11.5. The van der Waals surface area contributed by atoms with E-state index in [9.17, 15) is 23.9 Å². The van der Waals surface area contributed by atoms with E-state index in [4.69, 9.17) is 0 Å². The number of nitrogens with one attached hydrogen (secondary N) is 1. The lowest BCUT2D eigenvalue weighted by Crippen LogP contribution is -2.56. The predicted octanol–water partition coefficient (Wildman–Crippen LogP) is 1.91. The summed E-state index contributed by atoms with van der Waals surface area (Å²) in [6.07, 6.45) is 5.50. The van der Waals surface area contributed by atoms with E-state index in [0.29, 0.717) is 24.6 Å². The lowest BCUT2D eigenvalue weighted by Gasteiger charge is -2.42. The molecule has 1 saturated heterocycles. The van der Waals surface area contributed by atoms with Gasteiger partial charge in [-0.15, -0.1) is 0 Å². The number of benzene rings is 1. The molecule has 2 fully saturated rings. The van der Waals surface area contributed by atoms with Crippen molar-refractivity contribution in [1.29, 1.82) is 0 Å². The monoisotopic (exact) mass is 454 g/mol. The Morgan fingerprint density at radius 3 is 2.58 bits per heavy atom. The molecular formula is C24H27FN4O4. The minimum absolute atomic E-state index is 0.0559. The van der Waals surface area contributed by atoms with Gasteiger partial charge in [0, 0.05) is 32.4 Å². The molecule has 2 aliphatic heterocycles. The number of hydrogen-bond donors (Lipinski definition) is 2. The second-order valence-electron chi connectivity index (χ2n) is 9.16. The van der Waals surface area contributed by atoms with E-state index in [1.807, 2.05) is 0 Å². The fourth-order valence-electron chi connectivity index (χ4n) is 4.76. The molecule has 1 saturated carbocycles. The minimum Gasteiger partial charge on any atom is -0.503 e. The lowest BCUT2D eigenvalue weighted by atomic mass is 10.1. The summed E-state index contributed by atoms with van der Waals surface area (Å²) in [5.41, 5.74) is -0.470. The number of pyridine rings is 1. The van der Waals surface area contributed by atoms with Crippen LogP contribution in [0.1, 0.15) is 52.1 Å². The fraction of sp³-hybridized carbons (Fsp3) is 0.458. The number of carbonyl (C=O) groups excluding carboxylic acids is 2. The summed E-state index contributed by atoms with van der Waals surface area (Å²) in [5, 5.41) is 13.3. The van der Waals surface area contributed by atoms with Crippen molar-refractivity contribution < 1.29 is 19.1 Å². The Bertz CT molecular complexity index is 1140. The molecule has 2 aromatic rings. The number of carbonyl (C=O) groups is 2. The summed E-state index contributed by atoms with van der Waals surface area (Å²) in [4.78, 5) is 42.9. The van der Waals surface area contributed by atoms with Crippen molar-refractivity contribution in [3.8, 4) is 5.75 Å². The molecule has 1 atom stereocenters. The van der Waals surface area contributed by atoms with Crippen molar-refractivity contribution >= 4 is 11.8 Å². The van der Waals surface area contributed by atoms with Crippen molar-refractivity contribution in [2.24, 2.45) is 5.92 Å². The van der Waals surface area contributed by atoms with Gasteiger partial charge >= 0.3 is 0 Å².